The first-order chi connectivity index (χ1) is 9.19. The second kappa shape index (κ2) is 6.06. The molecule has 0 spiro atoms. The lowest BCUT2D eigenvalue weighted by Gasteiger charge is -2.06. The second-order valence-corrected chi connectivity index (χ2v) is 4.03. The Hall–Kier alpha value is -2.27. The van der Waals surface area contributed by atoms with E-state index in [4.69, 9.17) is 14.9 Å². The van der Waals surface area contributed by atoms with E-state index < -0.39 is 0 Å². The summed E-state index contributed by atoms with van der Waals surface area (Å²) in [6, 6.07) is 10.5. The number of benzene rings is 1. The zero-order valence-electron chi connectivity index (χ0n) is 10.7. The molecule has 1 heterocycles. The van der Waals surface area contributed by atoms with Gasteiger partial charge in [0, 0.05) is 12.2 Å². The molecule has 19 heavy (non-hydrogen) atoms. The SMILES string of the molecule is Cc1ccc(C(=O)Nc2ccc(OCCN)cc2)o1. The minimum absolute atomic E-state index is 0.274. The number of aryl methyl sites for hydroxylation is 1. The number of anilines is 1. The Morgan fingerprint density at radius 2 is 2.00 bits per heavy atom. The van der Waals surface area contributed by atoms with E-state index in [0.29, 0.717) is 30.4 Å². The quantitative estimate of drug-likeness (QED) is 0.863. The first-order valence-corrected chi connectivity index (χ1v) is 6.00. The zero-order valence-corrected chi connectivity index (χ0v) is 10.7. The molecule has 0 unspecified atom stereocenters. The molecule has 1 aromatic carbocycles. The van der Waals surface area contributed by atoms with Crippen molar-refractivity contribution < 1.29 is 13.9 Å². The van der Waals surface area contributed by atoms with E-state index in [2.05, 4.69) is 5.32 Å². The molecule has 0 bridgehead atoms. The molecule has 1 aromatic heterocycles. The van der Waals surface area contributed by atoms with Crippen LogP contribution in [0.25, 0.3) is 0 Å². The monoisotopic (exact) mass is 260 g/mol. The molecule has 0 saturated heterocycles. The third-order valence-electron chi connectivity index (χ3n) is 2.46. The van der Waals surface area contributed by atoms with Gasteiger partial charge < -0.3 is 20.2 Å². The zero-order chi connectivity index (χ0) is 13.7. The summed E-state index contributed by atoms with van der Waals surface area (Å²) in [5.41, 5.74) is 6.03. The molecule has 3 N–H and O–H groups in total. The number of carbonyl (C=O) groups excluding carboxylic acids is 1. The number of amides is 1. The van der Waals surface area contributed by atoms with Crippen molar-refractivity contribution >= 4 is 11.6 Å². The fraction of sp³-hybridized carbons (Fsp3) is 0.214. The smallest absolute Gasteiger partial charge is 0.291 e. The van der Waals surface area contributed by atoms with E-state index in [1.807, 2.05) is 0 Å². The van der Waals surface area contributed by atoms with Crippen molar-refractivity contribution in [2.45, 2.75) is 6.92 Å². The van der Waals surface area contributed by atoms with Gasteiger partial charge in [0.1, 0.15) is 18.1 Å². The normalized spacial score (nSPS) is 10.2. The molecule has 1 amide bonds. The highest BCUT2D eigenvalue weighted by Gasteiger charge is 2.09. The lowest BCUT2D eigenvalue weighted by Crippen LogP contribution is -2.11. The first-order valence-electron chi connectivity index (χ1n) is 6.00. The van der Waals surface area contributed by atoms with Gasteiger partial charge in [-0.1, -0.05) is 0 Å². The fourth-order valence-electron chi connectivity index (χ4n) is 1.56. The highest BCUT2D eigenvalue weighted by molar-refractivity contribution is 6.02. The molecule has 5 heteroatoms. The van der Waals surface area contributed by atoms with E-state index in [0.717, 1.165) is 5.75 Å². The van der Waals surface area contributed by atoms with Gasteiger partial charge in [-0.05, 0) is 43.3 Å². The maximum atomic E-state index is 11.8. The summed E-state index contributed by atoms with van der Waals surface area (Å²) in [5, 5.41) is 2.74. The van der Waals surface area contributed by atoms with E-state index in [-0.39, 0.29) is 5.91 Å². The Morgan fingerprint density at radius 3 is 2.58 bits per heavy atom. The molecule has 0 fully saturated rings. The molecule has 5 nitrogen and oxygen atoms in total. The van der Waals surface area contributed by atoms with Crippen molar-refractivity contribution in [2.75, 3.05) is 18.5 Å². The minimum Gasteiger partial charge on any atom is -0.492 e. The maximum absolute atomic E-state index is 11.8. The van der Waals surface area contributed by atoms with E-state index in [1.54, 1.807) is 43.3 Å². The standard InChI is InChI=1S/C14H16N2O3/c1-10-2-7-13(19-10)14(17)16-11-3-5-12(6-4-11)18-9-8-15/h2-7H,8-9,15H2,1H3,(H,16,17). The van der Waals surface area contributed by atoms with Crippen LogP contribution < -0.4 is 15.8 Å². The molecule has 0 aliphatic heterocycles. The molecule has 100 valence electrons. The average Bonchev–Trinajstić information content (AvgIpc) is 2.85. The summed E-state index contributed by atoms with van der Waals surface area (Å²) in [6.07, 6.45) is 0. The predicted octanol–water partition coefficient (Wildman–Crippen LogP) is 2.18. The average molecular weight is 260 g/mol. The van der Waals surface area contributed by atoms with Crippen LogP contribution in [0.1, 0.15) is 16.3 Å². The van der Waals surface area contributed by atoms with Gasteiger partial charge >= 0.3 is 0 Å². The van der Waals surface area contributed by atoms with Crippen LogP contribution in [-0.2, 0) is 0 Å². The van der Waals surface area contributed by atoms with Crippen LogP contribution in [0.5, 0.6) is 5.75 Å². The van der Waals surface area contributed by atoms with Gasteiger partial charge in [-0.3, -0.25) is 4.79 Å². The summed E-state index contributed by atoms with van der Waals surface area (Å²) in [5.74, 6) is 1.44. The third-order valence-corrected chi connectivity index (χ3v) is 2.46. The number of hydrogen-bond donors (Lipinski definition) is 2. The van der Waals surface area contributed by atoms with Crippen LogP contribution in [-0.4, -0.2) is 19.1 Å². The van der Waals surface area contributed by atoms with E-state index in [1.165, 1.54) is 0 Å². The number of rotatable bonds is 5. The van der Waals surface area contributed by atoms with Gasteiger partial charge in [0.2, 0.25) is 0 Å². The first kappa shape index (κ1) is 13.2. The van der Waals surface area contributed by atoms with Crippen LogP contribution in [0, 0.1) is 6.92 Å². The molecule has 0 aliphatic carbocycles. The third kappa shape index (κ3) is 3.59. The predicted molar refractivity (Wildman–Crippen MR) is 72.4 cm³/mol. The Balaban J connectivity index is 1.97. The van der Waals surface area contributed by atoms with Gasteiger partial charge in [0.25, 0.3) is 5.91 Å². The van der Waals surface area contributed by atoms with Crippen LogP contribution in [0.15, 0.2) is 40.8 Å². The number of furan rings is 1. The van der Waals surface area contributed by atoms with Crippen molar-refractivity contribution in [1.82, 2.24) is 0 Å². The molecule has 0 saturated carbocycles. The second-order valence-electron chi connectivity index (χ2n) is 4.03. The number of nitrogens with one attached hydrogen (secondary N) is 1. The van der Waals surface area contributed by atoms with Gasteiger partial charge in [0.15, 0.2) is 5.76 Å². The number of ether oxygens (including phenoxy) is 1. The summed E-state index contributed by atoms with van der Waals surface area (Å²) >= 11 is 0. The highest BCUT2D eigenvalue weighted by Crippen LogP contribution is 2.17. The summed E-state index contributed by atoms with van der Waals surface area (Å²) < 4.78 is 10.6. The molecule has 0 aliphatic rings. The highest BCUT2D eigenvalue weighted by atomic mass is 16.5. The van der Waals surface area contributed by atoms with Gasteiger partial charge in [-0.25, -0.2) is 0 Å². The Bertz CT molecular complexity index is 546. The lowest BCUT2D eigenvalue weighted by molar-refractivity contribution is 0.0995. The molecule has 2 aromatic rings. The number of hydrogen-bond acceptors (Lipinski definition) is 4. The van der Waals surface area contributed by atoms with Crippen molar-refractivity contribution in [3.8, 4) is 5.75 Å². The summed E-state index contributed by atoms with van der Waals surface area (Å²) in [6.45, 7) is 2.73. The summed E-state index contributed by atoms with van der Waals surface area (Å²) in [4.78, 5) is 11.8. The van der Waals surface area contributed by atoms with Gasteiger partial charge in [-0.2, -0.15) is 0 Å². The lowest BCUT2D eigenvalue weighted by atomic mass is 10.3. The molecular formula is C14H16N2O3. The van der Waals surface area contributed by atoms with Crippen molar-refractivity contribution in [3.05, 3.63) is 47.9 Å². The van der Waals surface area contributed by atoms with Crippen molar-refractivity contribution in [2.24, 2.45) is 5.73 Å². The Kier molecular flexibility index (Phi) is 4.20. The molecular weight excluding hydrogens is 244 g/mol. The topological polar surface area (TPSA) is 77.5 Å². The number of carbonyl (C=O) groups is 1. The van der Waals surface area contributed by atoms with E-state index in [9.17, 15) is 4.79 Å². The van der Waals surface area contributed by atoms with Gasteiger partial charge in [0.05, 0.1) is 0 Å². The van der Waals surface area contributed by atoms with Crippen LogP contribution >= 0.6 is 0 Å². The summed E-state index contributed by atoms with van der Waals surface area (Å²) in [7, 11) is 0. The maximum Gasteiger partial charge on any atom is 0.291 e. The van der Waals surface area contributed by atoms with Crippen molar-refractivity contribution in [3.63, 3.8) is 0 Å². The largest absolute Gasteiger partial charge is 0.492 e. The molecule has 2 rings (SSSR count). The minimum atomic E-state index is -0.274. The number of nitrogens with two attached hydrogens (primary N) is 1. The van der Waals surface area contributed by atoms with Crippen LogP contribution in [0.2, 0.25) is 0 Å². The van der Waals surface area contributed by atoms with Crippen LogP contribution in [0.4, 0.5) is 5.69 Å². The molecule has 0 radical (unpaired) electrons. The van der Waals surface area contributed by atoms with Crippen molar-refractivity contribution in [1.29, 1.82) is 0 Å². The van der Waals surface area contributed by atoms with E-state index >= 15 is 0 Å². The van der Waals surface area contributed by atoms with Crippen LogP contribution in [0.3, 0.4) is 0 Å². The van der Waals surface area contributed by atoms with Gasteiger partial charge in [-0.15, -0.1) is 0 Å². The molecule has 0 atom stereocenters. The fourth-order valence-corrected chi connectivity index (χ4v) is 1.56. The Labute approximate surface area is 111 Å². The Morgan fingerprint density at radius 1 is 1.26 bits per heavy atom.